The van der Waals surface area contributed by atoms with E-state index >= 15 is 0 Å². The number of carbonyl (C=O) groups excluding carboxylic acids is 2. The summed E-state index contributed by atoms with van der Waals surface area (Å²) in [6.07, 6.45) is 1.14. The third-order valence-electron chi connectivity index (χ3n) is 3.05. The number of amides is 1. The molecule has 1 aromatic carbocycles. The minimum atomic E-state index is -0.677. The highest BCUT2D eigenvalue weighted by atomic mass is 16.5. The fraction of sp³-hybridized carbons (Fsp3) is 0.500. The van der Waals surface area contributed by atoms with Crippen molar-refractivity contribution in [1.82, 2.24) is 5.32 Å². The van der Waals surface area contributed by atoms with E-state index in [1.807, 2.05) is 30.3 Å². The van der Waals surface area contributed by atoms with Crippen LogP contribution in [0, 0.1) is 0 Å². The number of benzene rings is 1. The second-order valence-electron chi connectivity index (χ2n) is 4.71. The van der Waals surface area contributed by atoms with Gasteiger partial charge in [-0.3, -0.25) is 4.79 Å². The number of aryl methyl sites for hydroxylation is 1. The maximum atomic E-state index is 11.8. The molecular weight excluding hydrogens is 286 g/mol. The number of carbonyl (C=O) groups is 2. The molecule has 0 unspecified atom stereocenters. The Morgan fingerprint density at radius 2 is 1.86 bits per heavy atom. The first-order valence-electron chi connectivity index (χ1n) is 7.15. The van der Waals surface area contributed by atoms with E-state index in [0.717, 1.165) is 5.56 Å². The van der Waals surface area contributed by atoms with Crippen molar-refractivity contribution in [2.24, 2.45) is 0 Å². The van der Waals surface area contributed by atoms with Gasteiger partial charge in [-0.2, -0.15) is 0 Å². The van der Waals surface area contributed by atoms with Gasteiger partial charge in [0, 0.05) is 7.11 Å². The zero-order valence-corrected chi connectivity index (χ0v) is 13.0. The fourth-order valence-electron chi connectivity index (χ4n) is 1.89. The van der Waals surface area contributed by atoms with Gasteiger partial charge in [0.15, 0.2) is 0 Å². The molecule has 0 saturated carbocycles. The Morgan fingerprint density at radius 1 is 1.14 bits per heavy atom. The molecule has 0 fully saturated rings. The van der Waals surface area contributed by atoms with Crippen molar-refractivity contribution >= 4 is 11.9 Å². The van der Waals surface area contributed by atoms with E-state index in [0.29, 0.717) is 26.1 Å². The van der Waals surface area contributed by atoms with Crippen molar-refractivity contribution in [2.75, 3.05) is 34.0 Å². The van der Waals surface area contributed by atoms with Crippen LogP contribution < -0.4 is 5.32 Å². The Hall–Kier alpha value is -1.92. The monoisotopic (exact) mass is 309 g/mol. The quantitative estimate of drug-likeness (QED) is 0.514. The lowest BCUT2D eigenvalue weighted by molar-refractivity contribution is -0.145. The molecule has 0 aromatic heterocycles. The van der Waals surface area contributed by atoms with Crippen molar-refractivity contribution in [3.63, 3.8) is 0 Å². The van der Waals surface area contributed by atoms with Gasteiger partial charge in [0.25, 0.3) is 0 Å². The highest BCUT2D eigenvalue weighted by molar-refractivity contribution is 5.85. The van der Waals surface area contributed by atoms with Crippen LogP contribution in [-0.4, -0.2) is 52.0 Å². The van der Waals surface area contributed by atoms with Crippen LogP contribution in [0.2, 0.25) is 0 Å². The zero-order chi connectivity index (χ0) is 16.2. The van der Waals surface area contributed by atoms with Crippen LogP contribution in [0.15, 0.2) is 30.3 Å². The van der Waals surface area contributed by atoms with Gasteiger partial charge in [-0.25, -0.2) is 4.79 Å². The Morgan fingerprint density at radius 3 is 2.50 bits per heavy atom. The highest BCUT2D eigenvalue weighted by Gasteiger charge is 2.21. The van der Waals surface area contributed by atoms with Crippen molar-refractivity contribution < 1.29 is 23.8 Å². The van der Waals surface area contributed by atoms with Gasteiger partial charge < -0.3 is 19.5 Å². The van der Waals surface area contributed by atoms with Gasteiger partial charge in [0.1, 0.15) is 12.6 Å². The molecule has 0 aliphatic rings. The molecule has 1 atom stereocenters. The van der Waals surface area contributed by atoms with Crippen LogP contribution in [0.4, 0.5) is 0 Å². The summed E-state index contributed by atoms with van der Waals surface area (Å²) >= 11 is 0. The summed E-state index contributed by atoms with van der Waals surface area (Å²) in [7, 11) is 2.86. The van der Waals surface area contributed by atoms with Crippen LogP contribution in [0.3, 0.4) is 0 Å². The zero-order valence-electron chi connectivity index (χ0n) is 13.0. The van der Waals surface area contributed by atoms with Crippen LogP contribution in [0.5, 0.6) is 0 Å². The topological polar surface area (TPSA) is 73.9 Å². The van der Waals surface area contributed by atoms with Gasteiger partial charge in [-0.05, 0) is 18.4 Å². The molecule has 122 valence electrons. The minimum Gasteiger partial charge on any atom is -0.467 e. The Bertz CT molecular complexity index is 449. The van der Waals surface area contributed by atoms with E-state index in [1.54, 1.807) is 7.11 Å². The SMILES string of the molecule is COCCOCC(=O)N[C@H](CCc1ccccc1)C(=O)OC. The van der Waals surface area contributed by atoms with E-state index < -0.39 is 12.0 Å². The number of ether oxygens (including phenoxy) is 3. The van der Waals surface area contributed by atoms with E-state index in [-0.39, 0.29) is 12.5 Å². The summed E-state index contributed by atoms with van der Waals surface area (Å²) in [5.41, 5.74) is 1.10. The molecule has 0 heterocycles. The first-order valence-corrected chi connectivity index (χ1v) is 7.15. The number of nitrogens with one attached hydrogen (secondary N) is 1. The summed E-state index contributed by atoms with van der Waals surface area (Å²) < 4.78 is 14.7. The van der Waals surface area contributed by atoms with Crippen molar-refractivity contribution in [3.05, 3.63) is 35.9 Å². The van der Waals surface area contributed by atoms with E-state index in [9.17, 15) is 9.59 Å². The lowest BCUT2D eigenvalue weighted by atomic mass is 10.1. The molecule has 0 spiro atoms. The lowest BCUT2D eigenvalue weighted by Gasteiger charge is -2.16. The van der Waals surface area contributed by atoms with Crippen LogP contribution in [0.1, 0.15) is 12.0 Å². The second kappa shape index (κ2) is 10.8. The third-order valence-corrected chi connectivity index (χ3v) is 3.05. The predicted octanol–water partition coefficient (Wildman–Crippen LogP) is 0.940. The Labute approximate surface area is 130 Å². The van der Waals surface area contributed by atoms with E-state index in [1.165, 1.54) is 7.11 Å². The Kier molecular flexibility index (Phi) is 8.86. The number of hydrogen-bond acceptors (Lipinski definition) is 5. The van der Waals surface area contributed by atoms with Gasteiger partial charge in [0.05, 0.1) is 20.3 Å². The molecule has 0 saturated heterocycles. The molecule has 6 nitrogen and oxygen atoms in total. The fourth-order valence-corrected chi connectivity index (χ4v) is 1.89. The van der Waals surface area contributed by atoms with E-state index in [2.05, 4.69) is 5.32 Å². The first kappa shape index (κ1) is 18.1. The predicted molar refractivity (Wildman–Crippen MR) is 81.4 cm³/mol. The van der Waals surface area contributed by atoms with E-state index in [4.69, 9.17) is 14.2 Å². The summed E-state index contributed by atoms with van der Waals surface area (Å²) in [6, 6.07) is 9.08. The van der Waals surface area contributed by atoms with Gasteiger partial charge in [-0.1, -0.05) is 30.3 Å². The maximum absolute atomic E-state index is 11.8. The molecule has 22 heavy (non-hydrogen) atoms. The number of esters is 1. The number of methoxy groups -OCH3 is 2. The molecule has 1 aromatic rings. The average molecular weight is 309 g/mol. The lowest BCUT2D eigenvalue weighted by Crippen LogP contribution is -2.43. The first-order chi connectivity index (χ1) is 10.7. The van der Waals surface area contributed by atoms with Gasteiger partial charge in [0.2, 0.25) is 5.91 Å². The number of hydrogen-bond donors (Lipinski definition) is 1. The summed E-state index contributed by atoms with van der Waals surface area (Å²) in [5, 5.41) is 2.64. The minimum absolute atomic E-state index is 0.109. The molecule has 0 radical (unpaired) electrons. The molecule has 0 bridgehead atoms. The number of rotatable bonds is 10. The summed E-state index contributed by atoms with van der Waals surface area (Å²) in [4.78, 5) is 23.5. The molecule has 0 aliphatic heterocycles. The van der Waals surface area contributed by atoms with Crippen molar-refractivity contribution in [1.29, 1.82) is 0 Å². The molecule has 6 heteroatoms. The normalized spacial score (nSPS) is 11.7. The molecule has 1 rings (SSSR count). The summed E-state index contributed by atoms with van der Waals surface area (Å²) in [5.74, 6) is -0.805. The van der Waals surface area contributed by atoms with Crippen molar-refractivity contribution in [3.8, 4) is 0 Å². The highest BCUT2D eigenvalue weighted by Crippen LogP contribution is 2.06. The molecule has 0 aliphatic carbocycles. The van der Waals surface area contributed by atoms with Crippen LogP contribution in [-0.2, 0) is 30.2 Å². The van der Waals surface area contributed by atoms with Crippen molar-refractivity contribution in [2.45, 2.75) is 18.9 Å². The van der Waals surface area contributed by atoms with Crippen LogP contribution in [0.25, 0.3) is 0 Å². The second-order valence-corrected chi connectivity index (χ2v) is 4.71. The van der Waals surface area contributed by atoms with Gasteiger partial charge in [-0.15, -0.1) is 0 Å². The third kappa shape index (κ3) is 7.19. The van der Waals surface area contributed by atoms with Crippen LogP contribution >= 0.6 is 0 Å². The largest absolute Gasteiger partial charge is 0.467 e. The maximum Gasteiger partial charge on any atom is 0.328 e. The summed E-state index contributed by atoms with van der Waals surface area (Å²) in [6.45, 7) is 0.640. The average Bonchev–Trinajstić information content (AvgIpc) is 2.55. The van der Waals surface area contributed by atoms with Gasteiger partial charge >= 0.3 is 5.97 Å². The smallest absolute Gasteiger partial charge is 0.328 e. The molecular formula is C16H23NO5. The standard InChI is InChI=1S/C16H23NO5/c1-20-10-11-22-12-15(18)17-14(16(19)21-2)9-8-13-6-4-3-5-7-13/h3-7,14H,8-12H2,1-2H3,(H,17,18)/t14-/m1/s1. The molecule has 1 N–H and O–H groups in total. The molecule has 1 amide bonds. The Balaban J connectivity index is 2.43.